The number of amides is 1. The van der Waals surface area contributed by atoms with E-state index >= 15 is 0 Å². The molecule has 1 heterocycles. The van der Waals surface area contributed by atoms with Crippen LogP contribution in [0.3, 0.4) is 0 Å². The minimum Gasteiger partial charge on any atom is -0.389 e. The van der Waals surface area contributed by atoms with Gasteiger partial charge in [-0.1, -0.05) is 12.8 Å². The van der Waals surface area contributed by atoms with Crippen molar-refractivity contribution in [3.63, 3.8) is 0 Å². The molecular weight excluding hydrogens is 232 g/mol. The Kier molecular flexibility index (Phi) is 7.96. The van der Waals surface area contributed by atoms with Crippen LogP contribution < -0.4 is 5.32 Å². The zero-order valence-corrected chi connectivity index (χ0v) is 11.4. The molecule has 1 amide bonds. The summed E-state index contributed by atoms with van der Waals surface area (Å²) in [5.41, 5.74) is 0. The van der Waals surface area contributed by atoms with Gasteiger partial charge in [-0.3, -0.25) is 9.69 Å². The van der Waals surface area contributed by atoms with Gasteiger partial charge in [-0.15, -0.1) is 0 Å². The Morgan fingerprint density at radius 1 is 1.33 bits per heavy atom. The minimum atomic E-state index is -0.613. The first kappa shape index (κ1) is 15.4. The maximum atomic E-state index is 11.7. The molecule has 1 aliphatic rings. The van der Waals surface area contributed by atoms with Crippen molar-refractivity contribution in [2.75, 3.05) is 39.4 Å². The summed E-state index contributed by atoms with van der Waals surface area (Å²) in [5.74, 6) is -0.00699. The summed E-state index contributed by atoms with van der Waals surface area (Å²) >= 11 is 0. The molecule has 0 aromatic heterocycles. The molecule has 18 heavy (non-hydrogen) atoms. The van der Waals surface area contributed by atoms with Crippen LogP contribution in [0.4, 0.5) is 0 Å². The highest BCUT2D eigenvalue weighted by Crippen LogP contribution is 2.08. The van der Waals surface area contributed by atoms with Crippen LogP contribution in [0.5, 0.6) is 0 Å². The molecule has 1 aliphatic heterocycles. The van der Waals surface area contributed by atoms with Crippen molar-refractivity contribution < 1.29 is 14.6 Å². The Hall–Kier alpha value is -0.650. The van der Waals surface area contributed by atoms with E-state index in [4.69, 9.17) is 4.74 Å². The fraction of sp³-hybridized carbons (Fsp3) is 0.923. The quantitative estimate of drug-likeness (QED) is 0.693. The molecule has 1 saturated heterocycles. The van der Waals surface area contributed by atoms with Crippen LogP contribution in [0.1, 0.15) is 32.6 Å². The van der Waals surface area contributed by atoms with Gasteiger partial charge in [0, 0.05) is 13.2 Å². The molecule has 0 aromatic rings. The molecule has 1 unspecified atom stereocenters. The van der Waals surface area contributed by atoms with Crippen LogP contribution >= 0.6 is 0 Å². The van der Waals surface area contributed by atoms with Crippen molar-refractivity contribution in [1.82, 2.24) is 10.2 Å². The molecule has 5 nitrogen and oxygen atoms in total. The minimum absolute atomic E-state index is 0.00699. The standard InChI is InChI=1S/C13H26N2O3/c1-2-18-11-12(16)9-14-13(17)10-15-7-5-3-4-6-8-15/h12,16H,2-11H2,1H3,(H,14,17). The third-order valence-electron chi connectivity index (χ3n) is 3.12. The van der Waals surface area contributed by atoms with E-state index in [1.165, 1.54) is 25.7 Å². The van der Waals surface area contributed by atoms with Crippen LogP contribution in [0.25, 0.3) is 0 Å². The molecule has 0 aliphatic carbocycles. The summed E-state index contributed by atoms with van der Waals surface area (Å²) in [5, 5.41) is 12.3. The highest BCUT2D eigenvalue weighted by Gasteiger charge is 2.13. The summed E-state index contributed by atoms with van der Waals surface area (Å²) in [6.45, 7) is 5.47. The third-order valence-corrected chi connectivity index (χ3v) is 3.12. The van der Waals surface area contributed by atoms with Gasteiger partial charge in [0.1, 0.15) is 0 Å². The number of ether oxygens (including phenoxy) is 1. The molecule has 1 fully saturated rings. The zero-order chi connectivity index (χ0) is 13.2. The van der Waals surface area contributed by atoms with Gasteiger partial charge in [-0.2, -0.15) is 0 Å². The van der Waals surface area contributed by atoms with Crippen molar-refractivity contribution in [3.05, 3.63) is 0 Å². The molecule has 1 rings (SSSR count). The fourth-order valence-corrected chi connectivity index (χ4v) is 2.10. The average molecular weight is 258 g/mol. The van der Waals surface area contributed by atoms with Gasteiger partial charge in [0.15, 0.2) is 0 Å². The second-order valence-electron chi connectivity index (χ2n) is 4.81. The summed E-state index contributed by atoms with van der Waals surface area (Å²) in [7, 11) is 0. The first-order valence-corrected chi connectivity index (χ1v) is 6.97. The van der Waals surface area contributed by atoms with Crippen LogP contribution in [0.15, 0.2) is 0 Å². The molecule has 0 radical (unpaired) electrons. The predicted octanol–water partition coefficient (Wildman–Crippen LogP) is 0.376. The van der Waals surface area contributed by atoms with E-state index in [0.717, 1.165) is 13.1 Å². The lowest BCUT2D eigenvalue weighted by Crippen LogP contribution is -2.41. The number of likely N-dealkylation sites (tertiary alicyclic amines) is 1. The fourth-order valence-electron chi connectivity index (χ4n) is 2.10. The number of hydrogen-bond donors (Lipinski definition) is 2. The van der Waals surface area contributed by atoms with Crippen molar-refractivity contribution >= 4 is 5.91 Å². The van der Waals surface area contributed by atoms with E-state index in [1.54, 1.807) is 0 Å². The lowest BCUT2D eigenvalue weighted by molar-refractivity contribution is -0.122. The molecule has 106 valence electrons. The van der Waals surface area contributed by atoms with Gasteiger partial charge in [0.25, 0.3) is 0 Å². The van der Waals surface area contributed by atoms with Crippen LogP contribution in [0, 0.1) is 0 Å². The SMILES string of the molecule is CCOCC(O)CNC(=O)CN1CCCCCC1. The monoisotopic (exact) mass is 258 g/mol. The van der Waals surface area contributed by atoms with E-state index in [9.17, 15) is 9.90 Å². The molecular formula is C13H26N2O3. The normalized spacial score (nSPS) is 19.2. The van der Waals surface area contributed by atoms with E-state index in [1.807, 2.05) is 6.92 Å². The number of aliphatic hydroxyl groups is 1. The second kappa shape index (κ2) is 9.30. The maximum Gasteiger partial charge on any atom is 0.234 e. The van der Waals surface area contributed by atoms with E-state index in [2.05, 4.69) is 10.2 Å². The second-order valence-corrected chi connectivity index (χ2v) is 4.81. The average Bonchev–Trinajstić information content (AvgIpc) is 2.62. The lowest BCUT2D eigenvalue weighted by atomic mass is 10.2. The molecule has 0 saturated carbocycles. The number of hydrogen-bond acceptors (Lipinski definition) is 4. The molecule has 0 bridgehead atoms. The Balaban J connectivity index is 2.12. The summed E-state index contributed by atoms with van der Waals surface area (Å²) in [6.07, 6.45) is 4.29. The van der Waals surface area contributed by atoms with Crippen molar-refractivity contribution in [2.24, 2.45) is 0 Å². The third kappa shape index (κ3) is 6.93. The highest BCUT2D eigenvalue weighted by atomic mass is 16.5. The highest BCUT2D eigenvalue weighted by molar-refractivity contribution is 5.78. The maximum absolute atomic E-state index is 11.7. The Bertz CT molecular complexity index is 228. The van der Waals surface area contributed by atoms with E-state index in [0.29, 0.717) is 13.2 Å². The van der Waals surface area contributed by atoms with Crippen LogP contribution in [-0.4, -0.2) is 61.4 Å². The summed E-state index contributed by atoms with van der Waals surface area (Å²) in [4.78, 5) is 13.9. The van der Waals surface area contributed by atoms with E-state index in [-0.39, 0.29) is 19.1 Å². The Morgan fingerprint density at radius 2 is 2.00 bits per heavy atom. The van der Waals surface area contributed by atoms with Crippen molar-refractivity contribution in [3.8, 4) is 0 Å². The summed E-state index contributed by atoms with van der Waals surface area (Å²) < 4.78 is 5.08. The van der Waals surface area contributed by atoms with Gasteiger partial charge in [0.2, 0.25) is 5.91 Å². The number of rotatable bonds is 7. The largest absolute Gasteiger partial charge is 0.389 e. The van der Waals surface area contributed by atoms with E-state index < -0.39 is 6.10 Å². The zero-order valence-electron chi connectivity index (χ0n) is 11.4. The number of nitrogens with one attached hydrogen (secondary N) is 1. The molecule has 2 N–H and O–H groups in total. The van der Waals surface area contributed by atoms with Crippen LogP contribution in [-0.2, 0) is 9.53 Å². The molecule has 1 atom stereocenters. The van der Waals surface area contributed by atoms with Gasteiger partial charge in [-0.25, -0.2) is 0 Å². The Labute approximate surface area is 109 Å². The van der Waals surface area contributed by atoms with Crippen molar-refractivity contribution in [2.45, 2.75) is 38.7 Å². The number of carbonyl (C=O) groups is 1. The first-order valence-electron chi connectivity index (χ1n) is 6.97. The van der Waals surface area contributed by atoms with Crippen molar-refractivity contribution in [1.29, 1.82) is 0 Å². The molecule has 0 spiro atoms. The van der Waals surface area contributed by atoms with Gasteiger partial charge < -0.3 is 15.2 Å². The summed E-state index contributed by atoms with van der Waals surface area (Å²) in [6, 6.07) is 0. The topological polar surface area (TPSA) is 61.8 Å². The smallest absolute Gasteiger partial charge is 0.234 e. The van der Waals surface area contributed by atoms with Gasteiger partial charge in [0.05, 0.1) is 19.3 Å². The number of nitrogens with zero attached hydrogens (tertiary/aromatic N) is 1. The van der Waals surface area contributed by atoms with Crippen LogP contribution in [0.2, 0.25) is 0 Å². The Morgan fingerprint density at radius 3 is 2.61 bits per heavy atom. The van der Waals surface area contributed by atoms with Gasteiger partial charge in [-0.05, 0) is 32.9 Å². The molecule has 5 heteroatoms. The number of aliphatic hydroxyl groups excluding tert-OH is 1. The number of carbonyl (C=O) groups excluding carboxylic acids is 1. The lowest BCUT2D eigenvalue weighted by Gasteiger charge is -2.19. The predicted molar refractivity (Wildman–Crippen MR) is 70.4 cm³/mol. The first-order chi connectivity index (χ1) is 8.72. The van der Waals surface area contributed by atoms with Gasteiger partial charge >= 0.3 is 0 Å². The molecule has 0 aromatic carbocycles.